The second-order valence-corrected chi connectivity index (χ2v) is 3.22. The highest BCUT2D eigenvalue weighted by Crippen LogP contribution is 2.23. The predicted molar refractivity (Wildman–Crippen MR) is 37.3 cm³/mol. The summed E-state index contributed by atoms with van der Waals surface area (Å²) >= 11 is 0. The van der Waals surface area contributed by atoms with Crippen LogP contribution >= 0.6 is 0 Å². The number of ether oxygens (including phenoxy) is 1. The van der Waals surface area contributed by atoms with Gasteiger partial charge in [0, 0.05) is 6.04 Å². The number of nitrogens with zero attached hydrogens (tertiary/aromatic N) is 1. The van der Waals surface area contributed by atoms with Crippen LogP contribution in [0.5, 0.6) is 0 Å². The Morgan fingerprint density at radius 3 is 2.22 bits per heavy atom. The van der Waals surface area contributed by atoms with Gasteiger partial charge in [0.1, 0.15) is 5.72 Å². The molecule has 2 nitrogen and oxygen atoms in total. The maximum absolute atomic E-state index is 5.49. The van der Waals surface area contributed by atoms with Crippen LogP contribution in [0.1, 0.15) is 20.8 Å². The zero-order valence-corrected chi connectivity index (χ0v) is 6.64. The molecule has 1 fully saturated rings. The molecule has 1 unspecified atom stereocenters. The van der Waals surface area contributed by atoms with E-state index in [4.69, 9.17) is 4.74 Å². The van der Waals surface area contributed by atoms with Crippen LogP contribution in [0.15, 0.2) is 0 Å². The van der Waals surface area contributed by atoms with Crippen LogP contribution in [0.4, 0.5) is 0 Å². The molecule has 1 aliphatic rings. The van der Waals surface area contributed by atoms with Crippen LogP contribution in [-0.2, 0) is 4.74 Å². The van der Waals surface area contributed by atoms with Crippen molar-refractivity contribution in [1.29, 1.82) is 0 Å². The fourth-order valence-corrected chi connectivity index (χ4v) is 1.07. The lowest BCUT2D eigenvalue weighted by molar-refractivity contribution is -0.0408. The van der Waals surface area contributed by atoms with Gasteiger partial charge in [-0.3, -0.25) is 4.90 Å². The van der Waals surface area contributed by atoms with E-state index in [0.717, 1.165) is 6.61 Å². The maximum atomic E-state index is 5.49. The second-order valence-electron chi connectivity index (χ2n) is 3.22. The second kappa shape index (κ2) is 1.96. The van der Waals surface area contributed by atoms with Gasteiger partial charge < -0.3 is 4.74 Å². The Bertz CT molecular complexity index is 111. The molecule has 0 saturated carbocycles. The third-order valence-corrected chi connectivity index (χ3v) is 2.19. The number of hydrogen-bond acceptors (Lipinski definition) is 2. The monoisotopic (exact) mass is 129 g/mol. The molecule has 0 radical (unpaired) electrons. The molecule has 54 valence electrons. The maximum Gasteiger partial charge on any atom is 0.116 e. The van der Waals surface area contributed by atoms with Gasteiger partial charge in [0.25, 0.3) is 0 Å². The molecule has 9 heavy (non-hydrogen) atoms. The van der Waals surface area contributed by atoms with E-state index in [2.05, 4.69) is 32.7 Å². The molecule has 0 spiro atoms. The van der Waals surface area contributed by atoms with E-state index >= 15 is 0 Å². The first kappa shape index (κ1) is 7.03. The number of hydrogen-bond donors (Lipinski definition) is 0. The Labute approximate surface area is 56.8 Å². The first-order valence-corrected chi connectivity index (χ1v) is 3.41. The first-order chi connectivity index (χ1) is 4.04. The van der Waals surface area contributed by atoms with Gasteiger partial charge >= 0.3 is 0 Å². The SMILES string of the molecule is CC1COC(C)(C)N1C. The fraction of sp³-hybridized carbons (Fsp3) is 1.00. The van der Waals surface area contributed by atoms with E-state index in [9.17, 15) is 0 Å². The minimum atomic E-state index is -0.0422. The molecule has 0 bridgehead atoms. The zero-order valence-electron chi connectivity index (χ0n) is 6.64. The lowest BCUT2D eigenvalue weighted by Gasteiger charge is -2.27. The largest absolute Gasteiger partial charge is 0.359 e. The molecular formula is C7H15NO. The summed E-state index contributed by atoms with van der Waals surface area (Å²) in [5, 5.41) is 0. The Morgan fingerprint density at radius 2 is 2.11 bits per heavy atom. The van der Waals surface area contributed by atoms with Gasteiger partial charge in [0.15, 0.2) is 0 Å². The van der Waals surface area contributed by atoms with Crippen molar-refractivity contribution in [1.82, 2.24) is 4.90 Å². The molecule has 1 atom stereocenters. The normalized spacial score (nSPS) is 35.3. The van der Waals surface area contributed by atoms with Gasteiger partial charge in [0.2, 0.25) is 0 Å². The lowest BCUT2D eigenvalue weighted by atomic mass is 10.2. The first-order valence-electron chi connectivity index (χ1n) is 3.41. The Morgan fingerprint density at radius 1 is 1.56 bits per heavy atom. The zero-order chi connectivity index (χ0) is 7.07. The van der Waals surface area contributed by atoms with E-state index in [1.165, 1.54) is 0 Å². The van der Waals surface area contributed by atoms with Crippen LogP contribution in [0, 0.1) is 0 Å². The standard InChI is InChI=1S/C7H15NO/c1-6-5-9-7(2,3)8(6)4/h6H,5H2,1-4H3. The van der Waals surface area contributed by atoms with Gasteiger partial charge in [-0.25, -0.2) is 0 Å². The third-order valence-electron chi connectivity index (χ3n) is 2.19. The van der Waals surface area contributed by atoms with E-state index in [-0.39, 0.29) is 5.72 Å². The van der Waals surface area contributed by atoms with Crippen LogP contribution in [0.3, 0.4) is 0 Å². The number of rotatable bonds is 0. The fourth-order valence-electron chi connectivity index (χ4n) is 1.07. The van der Waals surface area contributed by atoms with Crippen molar-refractivity contribution >= 4 is 0 Å². The molecule has 0 N–H and O–H groups in total. The van der Waals surface area contributed by atoms with Gasteiger partial charge in [-0.15, -0.1) is 0 Å². The molecule has 0 aliphatic carbocycles. The van der Waals surface area contributed by atoms with Crippen molar-refractivity contribution in [3.63, 3.8) is 0 Å². The smallest absolute Gasteiger partial charge is 0.116 e. The van der Waals surface area contributed by atoms with E-state index < -0.39 is 0 Å². The summed E-state index contributed by atoms with van der Waals surface area (Å²) in [4.78, 5) is 2.24. The molecule has 0 aromatic rings. The highest BCUT2D eigenvalue weighted by atomic mass is 16.5. The summed E-state index contributed by atoms with van der Waals surface area (Å²) in [6, 6.07) is 0.569. The van der Waals surface area contributed by atoms with E-state index in [1.807, 2.05) is 0 Å². The van der Waals surface area contributed by atoms with Crippen molar-refractivity contribution in [2.75, 3.05) is 13.7 Å². The molecule has 0 aromatic carbocycles. The topological polar surface area (TPSA) is 12.5 Å². The molecule has 1 saturated heterocycles. The third kappa shape index (κ3) is 1.10. The summed E-state index contributed by atoms with van der Waals surface area (Å²) in [5.74, 6) is 0. The van der Waals surface area contributed by atoms with E-state index in [0.29, 0.717) is 6.04 Å². The van der Waals surface area contributed by atoms with Crippen molar-refractivity contribution in [2.45, 2.75) is 32.5 Å². The molecule has 0 amide bonds. The predicted octanol–water partition coefficient (Wildman–Crippen LogP) is 1.07. The highest BCUT2D eigenvalue weighted by Gasteiger charge is 2.34. The molecular weight excluding hydrogens is 114 g/mol. The Balaban J connectivity index is 2.62. The quantitative estimate of drug-likeness (QED) is 0.485. The summed E-state index contributed by atoms with van der Waals surface area (Å²) in [7, 11) is 2.09. The molecule has 0 aromatic heterocycles. The van der Waals surface area contributed by atoms with Gasteiger partial charge in [-0.2, -0.15) is 0 Å². The van der Waals surface area contributed by atoms with Crippen molar-refractivity contribution in [2.24, 2.45) is 0 Å². The average molecular weight is 129 g/mol. The van der Waals surface area contributed by atoms with Crippen LogP contribution in [0.2, 0.25) is 0 Å². The average Bonchev–Trinajstić information content (AvgIpc) is 1.97. The molecule has 2 heteroatoms. The van der Waals surface area contributed by atoms with Gasteiger partial charge in [0.05, 0.1) is 6.61 Å². The summed E-state index contributed by atoms with van der Waals surface area (Å²) in [6.45, 7) is 7.23. The van der Waals surface area contributed by atoms with Crippen LogP contribution < -0.4 is 0 Å². The Hall–Kier alpha value is -0.0800. The lowest BCUT2D eigenvalue weighted by Crippen LogP contribution is -2.39. The minimum absolute atomic E-state index is 0.0422. The summed E-state index contributed by atoms with van der Waals surface area (Å²) < 4.78 is 5.49. The number of likely N-dealkylation sites (N-methyl/N-ethyl adjacent to an activating group) is 1. The van der Waals surface area contributed by atoms with Gasteiger partial charge in [-0.1, -0.05) is 0 Å². The van der Waals surface area contributed by atoms with Crippen molar-refractivity contribution in [3.05, 3.63) is 0 Å². The van der Waals surface area contributed by atoms with Crippen LogP contribution in [-0.4, -0.2) is 30.3 Å². The summed E-state index contributed by atoms with van der Waals surface area (Å²) in [6.07, 6.45) is 0. The van der Waals surface area contributed by atoms with Crippen molar-refractivity contribution in [3.8, 4) is 0 Å². The Kier molecular flexibility index (Phi) is 1.53. The van der Waals surface area contributed by atoms with Crippen LogP contribution in [0.25, 0.3) is 0 Å². The minimum Gasteiger partial charge on any atom is -0.359 e. The van der Waals surface area contributed by atoms with E-state index in [1.54, 1.807) is 0 Å². The highest BCUT2D eigenvalue weighted by molar-refractivity contribution is 4.80. The van der Waals surface area contributed by atoms with Crippen molar-refractivity contribution < 1.29 is 4.74 Å². The van der Waals surface area contributed by atoms with Gasteiger partial charge in [-0.05, 0) is 27.8 Å². The molecule has 1 heterocycles. The summed E-state index contributed by atoms with van der Waals surface area (Å²) in [5.41, 5.74) is -0.0422. The molecule has 1 aliphatic heterocycles. The molecule has 1 rings (SSSR count).